The molecule has 2 atom stereocenters. The molecule has 2 aliphatic heterocycles. The Morgan fingerprint density at radius 1 is 1.04 bits per heavy atom. The normalized spacial score (nSPS) is 22.3. The maximum absolute atomic E-state index is 13.0. The molecule has 116 valence electrons. The molecule has 2 aromatic rings. The number of para-hydroxylation sites is 1. The summed E-state index contributed by atoms with van der Waals surface area (Å²) in [5.41, 5.74) is 3.77. The number of carbonyl (C=O) groups excluding carboxylic acids is 2. The maximum atomic E-state index is 13.0. The van der Waals surface area contributed by atoms with Gasteiger partial charge in [-0.15, -0.1) is 0 Å². The van der Waals surface area contributed by atoms with Crippen LogP contribution in [0.5, 0.6) is 0 Å². The van der Waals surface area contributed by atoms with Gasteiger partial charge >= 0.3 is 0 Å². The Kier molecular flexibility index (Phi) is 3.18. The predicted octanol–water partition coefficient (Wildman–Crippen LogP) is 2.32. The lowest BCUT2D eigenvalue weighted by molar-refractivity contribution is -0.120. The van der Waals surface area contributed by atoms with Crippen molar-refractivity contribution in [2.75, 3.05) is 4.90 Å². The van der Waals surface area contributed by atoms with Gasteiger partial charge in [-0.3, -0.25) is 9.59 Å². The van der Waals surface area contributed by atoms with E-state index in [0.29, 0.717) is 12.0 Å². The molecule has 0 spiro atoms. The Hall–Kier alpha value is -2.62. The molecule has 2 unspecified atom stereocenters. The minimum atomic E-state index is -0.494. The highest BCUT2D eigenvalue weighted by atomic mass is 16.2. The Balaban J connectivity index is 1.65. The van der Waals surface area contributed by atoms with Crippen LogP contribution in [0.3, 0.4) is 0 Å². The van der Waals surface area contributed by atoms with E-state index in [1.165, 1.54) is 5.56 Å². The molecule has 0 bridgehead atoms. The predicted molar refractivity (Wildman–Crippen MR) is 88.5 cm³/mol. The molecular weight excluding hydrogens is 288 g/mol. The van der Waals surface area contributed by atoms with Crippen molar-refractivity contribution in [3.63, 3.8) is 0 Å². The van der Waals surface area contributed by atoms with Crippen LogP contribution in [0.15, 0.2) is 48.5 Å². The van der Waals surface area contributed by atoms with Crippen LogP contribution >= 0.6 is 0 Å². The van der Waals surface area contributed by atoms with Crippen molar-refractivity contribution in [1.82, 2.24) is 5.32 Å². The van der Waals surface area contributed by atoms with Crippen molar-refractivity contribution >= 4 is 17.5 Å². The standard InChI is InChI=1S/C19H18N2O2/c1-12-10-14-7-3-5-9-17(14)21(12)19(23)16-11-13-6-2-4-8-15(13)18(22)20-16/h2-9,12,16H,10-11H2,1H3,(H,20,22). The van der Waals surface area contributed by atoms with Gasteiger partial charge in [0.2, 0.25) is 5.91 Å². The molecule has 0 aromatic heterocycles. The van der Waals surface area contributed by atoms with Crippen molar-refractivity contribution in [2.24, 2.45) is 0 Å². The first-order valence-electron chi connectivity index (χ1n) is 7.95. The van der Waals surface area contributed by atoms with Crippen LogP contribution in [0.4, 0.5) is 5.69 Å². The smallest absolute Gasteiger partial charge is 0.252 e. The number of fused-ring (bicyclic) bond motifs is 2. The summed E-state index contributed by atoms with van der Waals surface area (Å²) < 4.78 is 0. The van der Waals surface area contributed by atoms with Crippen LogP contribution < -0.4 is 10.2 Å². The lowest BCUT2D eigenvalue weighted by atomic mass is 9.94. The molecule has 0 saturated carbocycles. The first-order valence-corrected chi connectivity index (χ1v) is 7.95. The van der Waals surface area contributed by atoms with Crippen LogP contribution in [-0.4, -0.2) is 23.9 Å². The van der Waals surface area contributed by atoms with Crippen molar-refractivity contribution in [3.8, 4) is 0 Å². The average Bonchev–Trinajstić information content (AvgIpc) is 2.90. The second-order valence-corrected chi connectivity index (χ2v) is 6.28. The van der Waals surface area contributed by atoms with Gasteiger partial charge in [0.1, 0.15) is 6.04 Å². The number of hydrogen-bond acceptors (Lipinski definition) is 2. The van der Waals surface area contributed by atoms with Gasteiger partial charge in [-0.25, -0.2) is 0 Å². The molecular formula is C19H18N2O2. The molecule has 2 heterocycles. The van der Waals surface area contributed by atoms with Crippen molar-refractivity contribution in [3.05, 3.63) is 65.2 Å². The van der Waals surface area contributed by atoms with E-state index in [4.69, 9.17) is 0 Å². The van der Waals surface area contributed by atoms with Gasteiger partial charge in [0.25, 0.3) is 5.91 Å². The third-order valence-corrected chi connectivity index (χ3v) is 4.73. The second-order valence-electron chi connectivity index (χ2n) is 6.28. The minimum Gasteiger partial charge on any atom is -0.340 e. The summed E-state index contributed by atoms with van der Waals surface area (Å²) in [5.74, 6) is -0.185. The highest BCUT2D eigenvalue weighted by Crippen LogP contribution is 2.33. The van der Waals surface area contributed by atoms with E-state index in [-0.39, 0.29) is 17.9 Å². The van der Waals surface area contributed by atoms with E-state index in [1.807, 2.05) is 41.3 Å². The van der Waals surface area contributed by atoms with Crippen molar-refractivity contribution < 1.29 is 9.59 Å². The van der Waals surface area contributed by atoms with E-state index >= 15 is 0 Å². The largest absolute Gasteiger partial charge is 0.340 e. The molecule has 1 N–H and O–H groups in total. The zero-order chi connectivity index (χ0) is 16.0. The first-order chi connectivity index (χ1) is 11.1. The SMILES string of the molecule is CC1Cc2ccccc2N1C(=O)C1Cc2ccccc2C(=O)N1. The van der Waals surface area contributed by atoms with E-state index in [9.17, 15) is 9.59 Å². The van der Waals surface area contributed by atoms with Gasteiger partial charge in [-0.05, 0) is 36.6 Å². The first kappa shape index (κ1) is 14.0. The summed E-state index contributed by atoms with van der Waals surface area (Å²) in [6.45, 7) is 2.05. The number of hydrogen-bond donors (Lipinski definition) is 1. The minimum absolute atomic E-state index is 0.0229. The summed E-state index contributed by atoms with van der Waals surface area (Å²) in [6, 6.07) is 15.1. The van der Waals surface area contributed by atoms with Crippen molar-refractivity contribution in [1.29, 1.82) is 0 Å². The molecule has 23 heavy (non-hydrogen) atoms. The van der Waals surface area contributed by atoms with Gasteiger partial charge in [-0.1, -0.05) is 36.4 Å². The maximum Gasteiger partial charge on any atom is 0.252 e. The Morgan fingerprint density at radius 3 is 2.57 bits per heavy atom. The number of nitrogens with zero attached hydrogens (tertiary/aromatic N) is 1. The van der Waals surface area contributed by atoms with Gasteiger partial charge in [-0.2, -0.15) is 0 Å². The van der Waals surface area contributed by atoms with Crippen LogP contribution in [0, 0.1) is 0 Å². The fraction of sp³-hybridized carbons (Fsp3) is 0.263. The molecule has 0 saturated heterocycles. The van der Waals surface area contributed by atoms with Crippen LogP contribution in [-0.2, 0) is 17.6 Å². The second kappa shape index (κ2) is 5.23. The Morgan fingerprint density at radius 2 is 1.74 bits per heavy atom. The number of benzene rings is 2. The van der Waals surface area contributed by atoms with Crippen LogP contribution in [0.2, 0.25) is 0 Å². The van der Waals surface area contributed by atoms with Crippen molar-refractivity contribution in [2.45, 2.75) is 31.8 Å². The summed E-state index contributed by atoms with van der Waals surface area (Å²) in [4.78, 5) is 27.1. The van der Waals surface area contributed by atoms with E-state index in [1.54, 1.807) is 6.07 Å². The zero-order valence-corrected chi connectivity index (χ0v) is 13.0. The molecule has 2 aromatic carbocycles. The van der Waals surface area contributed by atoms with Crippen LogP contribution in [0.1, 0.15) is 28.4 Å². The summed E-state index contributed by atoms with van der Waals surface area (Å²) in [7, 11) is 0. The van der Waals surface area contributed by atoms with E-state index in [0.717, 1.165) is 17.7 Å². The lowest BCUT2D eigenvalue weighted by Gasteiger charge is -2.31. The number of amides is 2. The average molecular weight is 306 g/mol. The summed E-state index contributed by atoms with van der Waals surface area (Å²) in [6.07, 6.45) is 1.41. The Labute approximate surface area is 135 Å². The quantitative estimate of drug-likeness (QED) is 0.879. The monoisotopic (exact) mass is 306 g/mol. The highest BCUT2D eigenvalue weighted by molar-refractivity contribution is 6.05. The third-order valence-electron chi connectivity index (χ3n) is 4.73. The molecule has 2 amide bonds. The molecule has 2 aliphatic rings. The molecule has 0 aliphatic carbocycles. The zero-order valence-electron chi connectivity index (χ0n) is 13.0. The number of nitrogens with one attached hydrogen (secondary N) is 1. The number of rotatable bonds is 1. The Bertz CT molecular complexity index is 799. The molecule has 4 nitrogen and oxygen atoms in total. The molecule has 0 radical (unpaired) electrons. The molecule has 4 rings (SSSR count). The number of carbonyl (C=O) groups is 2. The highest BCUT2D eigenvalue weighted by Gasteiger charge is 2.37. The molecule has 0 fully saturated rings. The van der Waals surface area contributed by atoms with Gasteiger partial charge in [0, 0.05) is 23.7 Å². The van der Waals surface area contributed by atoms with Gasteiger partial charge in [0.05, 0.1) is 0 Å². The third kappa shape index (κ3) is 2.22. The summed E-state index contributed by atoms with van der Waals surface area (Å²) >= 11 is 0. The fourth-order valence-corrected chi connectivity index (χ4v) is 3.65. The van der Waals surface area contributed by atoms with E-state index < -0.39 is 6.04 Å². The lowest BCUT2D eigenvalue weighted by Crippen LogP contribution is -2.53. The van der Waals surface area contributed by atoms with E-state index in [2.05, 4.69) is 18.3 Å². The molecule has 4 heteroatoms. The summed E-state index contributed by atoms with van der Waals surface area (Å²) in [5, 5.41) is 2.87. The number of anilines is 1. The van der Waals surface area contributed by atoms with Gasteiger partial charge in [0.15, 0.2) is 0 Å². The topological polar surface area (TPSA) is 49.4 Å². The van der Waals surface area contributed by atoms with Gasteiger partial charge < -0.3 is 10.2 Å². The van der Waals surface area contributed by atoms with Crippen LogP contribution in [0.25, 0.3) is 0 Å². The fourth-order valence-electron chi connectivity index (χ4n) is 3.65.